The number of benzene rings is 3. The highest BCUT2D eigenvalue weighted by Gasteiger charge is 2.16. The van der Waals surface area contributed by atoms with E-state index in [0.29, 0.717) is 17.4 Å². The average Bonchev–Trinajstić information content (AvgIpc) is 3.23. The molecule has 0 amide bonds. The van der Waals surface area contributed by atoms with Crippen LogP contribution in [-0.4, -0.2) is 27.1 Å². The van der Waals surface area contributed by atoms with Crippen LogP contribution in [0.1, 0.15) is 53.8 Å². The van der Waals surface area contributed by atoms with Gasteiger partial charge in [0.05, 0.1) is 11.1 Å². The van der Waals surface area contributed by atoms with Crippen LogP contribution in [0.5, 0.6) is 0 Å². The summed E-state index contributed by atoms with van der Waals surface area (Å²) in [7, 11) is 0. The standard InChI is InChI=1S/C28H29N3O2/c1-18-30-26-16-22(15-25(28(32)33)27(26)31-18)19-11-13-20(14-12-19)24-10-6-5-7-21(24)17-29-23-8-3-2-4-9-23/h5-7,10-16,23,29H,2-4,8-9,17H2,1H3,(H,30,31)(H,32,33). The number of hydrogen-bond acceptors (Lipinski definition) is 3. The minimum atomic E-state index is -0.968. The first-order chi connectivity index (χ1) is 16.1. The summed E-state index contributed by atoms with van der Waals surface area (Å²) < 4.78 is 0. The molecule has 0 saturated heterocycles. The predicted molar refractivity (Wildman–Crippen MR) is 132 cm³/mol. The molecule has 5 rings (SSSR count). The van der Waals surface area contributed by atoms with Crippen LogP contribution in [0.25, 0.3) is 33.3 Å². The predicted octanol–water partition coefficient (Wildman–Crippen LogP) is 6.33. The normalized spacial score (nSPS) is 14.6. The van der Waals surface area contributed by atoms with Crippen molar-refractivity contribution in [1.82, 2.24) is 15.3 Å². The molecule has 0 spiro atoms. The maximum Gasteiger partial charge on any atom is 0.337 e. The van der Waals surface area contributed by atoms with Crippen molar-refractivity contribution in [1.29, 1.82) is 0 Å². The van der Waals surface area contributed by atoms with E-state index in [-0.39, 0.29) is 5.56 Å². The Morgan fingerprint density at radius 2 is 1.73 bits per heavy atom. The van der Waals surface area contributed by atoms with Gasteiger partial charge in [-0.3, -0.25) is 0 Å². The molecular weight excluding hydrogens is 410 g/mol. The lowest BCUT2D eigenvalue weighted by Crippen LogP contribution is -2.30. The number of fused-ring (bicyclic) bond motifs is 1. The maximum atomic E-state index is 11.8. The first-order valence-electron chi connectivity index (χ1n) is 11.7. The Morgan fingerprint density at radius 1 is 1.00 bits per heavy atom. The van der Waals surface area contributed by atoms with Gasteiger partial charge in [-0.15, -0.1) is 0 Å². The van der Waals surface area contributed by atoms with Crippen LogP contribution in [0, 0.1) is 6.92 Å². The average molecular weight is 440 g/mol. The van der Waals surface area contributed by atoms with E-state index in [1.54, 1.807) is 6.07 Å². The van der Waals surface area contributed by atoms with Crippen molar-refractivity contribution in [2.45, 2.75) is 51.6 Å². The zero-order chi connectivity index (χ0) is 22.8. The number of nitrogens with one attached hydrogen (secondary N) is 2. The summed E-state index contributed by atoms with van der Waals surface area (Å²) in [5, 5.41) is 13.4. The molecule has 4 aromatic rings. The van der Waals surface area contributed by atoms with Gasteiger partial charge >= 0.3 is 5.97 Å². The van der Waals surface area contributed by atoms with Crippen molar-refractivity contribution in [2.24, 2.45) is 0 Å². The van der Waals surface area contributed by atoms with Gasteiger partial charge in [0.1, 0.15) is 11.3 Å². The molecular formula is C28H29N3O2. The van der Waals surface area contributed by atoms with Crippen molar-refractivity contribution in [3.05, 3.63) is 77.6 Å². The number of nitrogens with zero attached hydrogens (tertiary/aromatic N) is 1. The summed E-state index contributed by atoms with van der Waals surface area (Å²) >= 11 is 0. The second kappa shape index (κ2) is 9.20. The fourth-order valence-electron chi connectivity index (χ4n) is 4.93. The molecule has 1 saturated carbocycles. The summed E-state index contributed by atoms with van der Waals surface area (Å²) in [4.78, 5) is 19.3. The molecule has 168 valence electrons. The maximum absolute atomic E-state index is 11.8. The van der Waals surface area contributed by atoms with Crippen molar-refractivity contribution >= 4 is 17.0 Å². The zero-order valence-electron chi connectivity index (χ0n) is 18.9. The van der Waals surface area contributed by atoms with Crippen LogP contribution in [0.4, 0.5) is 0 Å². The van der Waals surface area contributed by atoms with E-state index in [1.807, 2.05) is 13.0 Å². The molecule has 5 heteroatoms. The quantitative estimate of drug-likeness (QED) is 0.328. The van der Waals surface area contributed by atoms with Gasteiger partial charge in [0.2, 0.25) is 0 Å². The lowest BCUT2D eigenvalue weighted by atomic mass is 9.94. The van der Waals surface area contributed by atoms with E-state index in [1.165, 1.54) is 43.2 Å². The summed E-state index contributed by atoms with van der Waals surface area (Å²) in [5.74, 6) is -0.261. The molecule has 0 aliphatic heterocycles. The van der Waals surface area contributed by atoms with Gasteiger partial charge in [-0.2, -0.15) is 0 Å². The van der Waals surface area contributed by atoms with E-state index in [4.69, 9.17) is 0 Å². The molecule has 1 heterocycles. The molecule has 5 nitrogen and oxygen atoms in total. The van der Waals surface area contributed by atoms with E-state index < -0.39 is 5.97 Å². The Hall–Kier alpha value is -3.44. The van der Waals surface area contributed by atoms with Crippen LogP contribution >= 0.6 is 0 Å². The lowest BCUT2D eigenvalue weighted by Gasteiger charge is -2.23. The third-order valence-corrected chi connectivity index (χ3v) is 6.67. The topological polar surface area (TPSA) is 78.0 Å². The number of rotatable bonds is 6. The number of carboxylic acids is 1. The monoisotopic (exact) mass is 439 g/mol. The van der Waals surface area contributed by atoms with E-state index in [9.17, 15) is 9.90 Å². The Balaban J connectivity index is 1.42. The molecule has 3 aromatic carbocycles. The highest BCUT2D eigenvalue weighted by Crippen LogP contribution is 2.30. The van der Waals surface area contributed by atoms with Gasteiger partial charge in [-0.1, -0.05) is 67.8 Å². The fraction of sp³-hybridized carbons (Fsp3) is 0.286. The number of carboxylic acid groups (broad SMARTS) is 1. The number of aromatic amines is 1. The van der Waals surface area contributed by atoms with E-state index in [0.717, 1.165) is 28.8 Å². The van der Waals surface area contributed by atoms with Crippen LogP contribution in [0.2, 0.25) is 0 Å². The van der Waals surface area contributed by atoms with Crippen LogP contribution < -0.4 is 5.32 Å². The van der Waals surface area contributed by atoms with Crippen LogP contribution in [0.3, 0.4) is 0 Å². The largest absolute Gasteiger partial charge is 0.478 e. The van der Waals surface area contributed by atoms with Gasteiger partial charge < -0.3 is 15.4 Å². The van der Waals surface area contributed by atoms with Crippen molar-refractivity contribution in [3.8, 4) is 22.3 Å². The Kier molecular flexibility index (Phi) is 5.97. The second-order valence-corrected chi connectivity index (χ2v) is 9.00. The van der Waals surface area contributed by atoms with Crippen molar-refractivity contribution < 1.29 is 9.90 Å². The molecule has 1 fully saturated rings. The molecule has 33 heavy (non-hydrogen) atoms. The summed E-state index contributed by atoms with van der Waals surface area (Å²) in [6.45, 7) is 2.71. The second-order valence-electron chi connectivity index (χ2n) is 9.00. The third kappa shape index (κ3) is 4.55. The molecule has 0 bridgehead atoms. The Bertz CT molecular complexity index is 1280. The molecule has 0 atom stereocenters. The van der Waals surface area contributed by atoms with Gasteiger partial charge in [0.15, 0.2) is 0 Å². The first kappa shape index (κ1) is 21.4. The number of carbonyl (C=O) groups is 1. The molecule has 1 aliphatic carbocycles. The SMILES string of the molecule is Cc1nc2c(C(=O)O)cc(-c3ccc(-c4ccccc4CNC4CCCCC4)cc3)cc2[nH]1. The third-order valence-electron chi connectivity index (χ3n) is 6.67. The number of H-pyrrole nitrogens is 1. The number of hydrogen-bond donors (Lipinski definition) is 3. The van der Waals surface area contributed by atoms with Crippen LogP contribution in [0.15, 0.2) is 60.7 Å². The molecule has 3 N–H and O–H groups in total. The van der Waals surface area contributed by atoms with E-state index >= 15 is 0 Å². The van der Waals surface area contributed by atoms with E-state index in [2.05, 4.69) is 63.8 Å². The molecule has 1 aromatic heterocycles. The minimum Gasteiger partial charge on any atom is -0.478 e. The lowest BCUT2D eigenvalue weighted by molar-refractivity contribution is 0.0699. The van der Waals surface area contributed by atoms with Crippen LogP contribution in [-0.2, 0) is 6.54 Å². The summed E-state index contributed by atoms with van der Waals surface area (Å²) in [5.41, 5.74) is 7.00. The minimum absolute atomic E-state index is 0.218. The Morgan fingerprint density at radius 3 is 2.48 bits per heavy atom. The summed E-state index contributed by atoms with van der Waals surface area (Å²) in [6.07, 6.45) is 6.56. The zero-order valence-corrected chi connectivity index (χ0v) is 18.9. The molecule has 0 unspecified atom stereocenters. The number of aromatic nitrogens is 2. The number of aromatic carboxylic acids is 1. The fourth-order valence-corrected chi connectivity index (χ4v) is 4.93. The van der Waals surface area contributed by atoms with Crippen molar-refractivity contribution in [2.75, 3.05) is 0 Å². The highest BCUT2D eigenvalue weighted by molar-refractivity contribution is 6.03. The Labute approximate surface area is 193 Å². The molecule has 0 radical (unpaired) electrons. The van der Waals surface area contributed by atoms with Gasteiger partial charge in [0.25, 0.3) is 0 Å². The summed E-state index contributed by atoms with van der Waals surface area (Å²) in [6, 6.07) is 21.2. The first-order valence-corrected chi connectivity index (χ1v) is 11.7. The number of aryl methyl sites for hydroxylation is 1. The number of imidazole rings is 1. The van der Waals surface area contributed by atoms with Gasteiger partial charge in [-0.25, -0.2) is 9.78 Å². The van der Waals surface area contributed by atoms with Crippen molar-refractivity contribution in [3.63, 3.8) is 0 Å². The van der Waals surface area contributed by atoms with Gasteiger partial charge in [-0.05, 0) is 59.7 Å². The highest BCUT2D eigenvalue weighted by atomic mass is 16.4. The molecule has 1 aliphatic rings. The smallest absolute Gasteiger partial charge is 0.337 e. The van der Waals surface area contributed by atoms with Gasteiger partial charge in [0, 0.05) is 12.6 Å².